The molecule has 14 heavy (non-hydrogen) atoms. The average molecular weight is 201 g/mol. The first-order valence-electron chi connectivity index (χ1n) is 5.06. The van der Waals surface area contributed by atoms with Gasteiger partial charge in [0.1, 0.15) is 0 Å². The first kappa shape index (κ1) is 11.3. The van der Waals surface area contributed by atoms with Crippen LogP contribution in [0.3, 0.4) is 0 Å². The van der Waals surface area contributed by atoms with E-state index in [0.717, 1.165) is 32.5 Å². The second kappa shape index (κ2) is 5.82. The molecule has 2 amide bonds. The van der Waals surface area contributed by atoms with E-state index in [0.29, 0.717) is 19.1 Å². The summed E-state index contributed by atoms with van der Waals surface area (Å²) < 4.78 is 5.36. The summed E-state index contributed by atoms with van der Waals surface area (Å²) in [4.78, 5) is 12.5. The van der Waals surface area contributed by atoms with Gasteiger partial charge in [-0.1, -0.05) is 0 Å². The normalized spacial score (nSPS) is 18.5. The van der Waals surface area contributed by atoms with Gasteiger partial charge in [0.15, 0.2) is 0 Å². The topological polar surface area (TPSA) is 81.6 Å². The van der Waals surface area contributed by atoms with Gasteiger partial charge in [0, 0.05) is 26.2 Å². The predicted molar refractivity (Wildman–Crippen MR) is 53.8 cm³/mol. The second-order valence-electron chi connectivity index (χ2n) is 3.63. The summed E-state index contributed by atoms with van der Waals surface area (Å²) in [7, 11) is 0. The third-order valence-electron chi connectivity index (χ3n) is 2.54. The van der Waals surface area contributed by atoms with Crippen molar-refractivity contribution in [2.45, 2.75) is 12.8 Å². The Bertz CT molecular complexity index is 179. The minimum absolute atomic E-state index is 0.314. The molecule has 0 unspecified atom stereocenters. The highest BCUT2D eigenvalue weighted by atomic mass is 16.5. The van der Waals surface area contributed by atoms with Crippen LogP contribution in [0.5, 0.6) is 0 Å². The molecule has 0 aromatic carbocycles. The van der Waals surface area contributed by atoms with E-state index in [9.17, 15) is 4.79 Å². The molecular formula is C9H19N3O2. The standard InChI is InChI=1S/C9H19N3O2/c10-3-6-14-7-8-1-4-12(5-2-8)9(11)13/h8H,1-7,10H2,(H2,11,13). The number of rotatable bonds is 4. The number of likely N-dealkylation sites (tertiary alicyclic amines) is 1. The molecule has 0 saturated carbocycles. The second-order valence-corrected chi connectivity index (χ2v) is 3.63. The Balaban J connectivity index is 2.12. The SMILES string of the molecule is NCCOCC1CCN(C(N)=O)CC1. The highest BCUT2D eigenvalue weighted by molar-refractivity contribution is 5.72. The van der Waals surface area contributed by atoms with Gasteiger partial charge in [-0.3, -0.25) is 0 Å². The molecule has 1 heterocycles. The number of hydrogen-bond acceptors (Lipinski definition) is 3. The number of hydrogen-bond donors (Lipinski definition) is 2. The molecule has 0 aliphatic carbocycles. The van der Waals surface area contributed by atoms with Crippen molar-refractivity contribution in [3.05, 3.63) is 0 Å². The lowest BCUT2D eigenvalue weighted by Gasteiger charge is -2.30. The molecule has 1 aliphatic rings. The van der Waals surface area contributed by atoms with Crippen molar-refractivity contribution in [1.29, 1.82) is 0 Å². The molecule has 0 bridgehead atoms. The van der Waals surface area contributed by atoms with Crippen molar-refractivity contribution >= 4 is 6.03 Å². The summed E-state index contributed by atoms with van der Waals surface area (Å²) in [5.41, 5.74) is 10.5. The minimum atomic E-state index is -0.314. The van der Waals surface area contributed by atoms with E-state index in [2.05, 4.69) is 0 Å². The molecule has 1 rings (SSSR count). The van der Waals surface area contributed by atoms with Crippen LogP contribution in [0.1, 0.15) is 12.8 Å². The van der Waals surface area contributed by atoms with E-state index in [4.69, 9.17) is 16.2 Å². The molecule has 1 aliphatic heterocycles. The van der Waals surface area contributed by atoms with E-state index in [1.54, 1.807) is 4.90 Å². The maximum Gasteiger partial charge on any atom is 0.314 e. The smallest absolute Gasteiger partial charge is 0.314 e. The van der Waals surface area contributed by atoms with Crippen LogP contribution in [-0.2, 0) is 4.74 Å². The number of nitrogens with two attached hydrogens (primary N) is 2. The lowest BCUT2D eigenvalue weighted by atomic mass is 9.98. The zero-order chi connectivity index (χ0) is 10.4. The van der Waals surface area contributed by atoms with Crippen LogP contribution in [-0.4, -0.2) is 43.8 Å². The van der Waals surface area contributed by atoms with Crippen molar-refractivity contribution in [3.8, 4) is 0 Å². The van der Waals surface area contributed by atoms with Gasteiger partial charge < -0.3 is 21.1 Å². The van der Waals surface area contributed by atoms with Gasteiger partial charge >= 0.3 is 6.03 Å². The molecule has 82 valence electrons. The first-order valence-corrected chi connectivity index (χ1v) is 5.06. The highest BCUT2D eigenvalue weighted by Gasteiger charge is 2.20. The molecule has 1 fully saturated rings. The Morgan fingerprint density at radius 3 is 2.57 bits per heavy atom. The number of carbonyl (C=O) groups excluding carboxylic acids is 1. The minimum Gasteiger partial charge on any atom is -0.380 e. The Labute approximate surface area is 84.4 Å². The lowest BCUT2D eigenvalue weighted by Crippen LogP contribution is -2.42. The predicted octanol–water partition coefficient (Wildman–Crippen LogP) is -0.248. The summed E-state index contributed by atoms with van der Waals surface area (Å²) in [5.74, 6) is 0.553. The van der Waals surface area contributed by atoms with Crippen LogP contribution in [0.25, 0.3) is 0 Å². The van der Waals surface area contributed by atoms with E-state index in [-0.39, 0.29) is 6.03 Å². The Kier molecular flexibility index (Phi) is 4.69. The molecule has 1 saturated heterocycles. The average Bonchev–Trinajstić information content (AvgIpc) is 2.19. The summed E-state index contributed by atoms with van der Waals surface area (Å²) in [6, 6.07) is -0.314. The summed E-state index contributed by atoms with van der Waals surface area (Å²) in [6.07, 6.45) is 1.96. The molecule has 4 N–H and O–H groups in total. The van der Waals surface area contributed by atoms with E-state index >= 15 is 0 Å². The quantitative estimate of drug-likeness (QED) is 0.615. The van der Waals surface area contributed by atoms with Crippen LogP contribution in [0, 0.1) is 5.92 Å². The molecule has 0 spiro atoms. The lowest BCUT2D eigenvalue weighted by molar-refractivity contribution is 0.0781. The number of primary amides is 1. The summed E-state index contributed by atoms with van der Waals surface area (Å²) in [6.45, 7) is 3.46. The largest absolute Gasteiger partial charge is 0.380 e. The van der Waals surface area contributed by atoms with Crippen molar-refractivity contribution in [2.75, 3.05) is 32.8 Å². The van der Waals surface area contributed by atoms with Gasteiger partial charge in [0.25, 0.3) is 0 Å². The third kappa shape index (κ3) is 3.51. The van der Waals surface area contributed by atoms with Crippen LogP contribution in [0.15, 0.2) is 0 Å². The van der Waals surface area contributed by atoms with Crippen LogP contribution in [0.2, 0.25) is 0 Å². The number of piperidine rings is 1. The maximum atomic E-state index is 10.8. The highest BCUT2D eigenvalue weighted by Crippen LogP contribution is 2.16. The molecule has 0 aromatic rings. The summed E-state index contributed by atoms with van der Waals surface area (Å²) >= 11 is 0. The molecule has 0 atom stereocenters. The number of nitrogens with zero attached hydrogens (tertiary/aromatic N) is 1. The van der Waals surface area contributed by atoms with Gasteiger partial charge in [-0.2, -0.15) is 0 Å². The van der Waals surface area contributed by atoms with Gasteiger partial charge in [-0.05, 0) is 18.8 Å². The Morgan fingerprint density at radius 1 is 1.43 bits per heavy atom. The Morgan fingerprint density at radius 2 is 2.07 bits per heavy atom. The van der Waals surface area contributed by atoms with Crippen LogP contribution >= 0.6 is 0 Å². The number of carbonyl (C=O) groups is 1. The molecule has 5 nitrogen and oxygen atoms in total. The van der Waals surface area contributed by atoms with Crippen molar-refractivity contribution < 1.29 is 9.53 Å². The van der Waals surface area contributed by atoms with Gasteiger partial charge in [0.2, 0.25) is 0 Å². The number of ether oxygens (including phenoxy) is 1. The van der Waals surface area contributed by atoms with Crippen molar-refractivity contribution in [2.24, 2.45) is 17.4 Å². The molecular weight excluding hydrogens is 182 g/mol. The van der Waals surface area contributed by atoms with Crippen molar-refractivity contribution in [1.82, 2.24) is 4.90 Å². The monoisotopic (exact) mass is 201 g/mol. The third-order valence-corrected chi connectivity index (χ3v) is 2.54. The van der Waals surface area contributed by atoms with Crippen molar-refractivity contribution in [3.63, 3.8) is 0 Å². The van der Waals surface area contributed by atoms with Crippen LogP contribution in [0.4, 0.5) is 4.79 Å². The van der Waals surface area contributed by atoms with Gasteiger partial charge in [-0.25, -0.2) is 4.79 Å². The van der Waals surface area contributed by atoms with Crippen LogP contribution < -0.4 is 11.5 Å². The zero-order valence-electron chi connectivity index (χ0n) is 8.45. The van der Waals surface area contributed by atoms with E-state index in [1.807, 2.05) is 0 Å². The number of amides is 2. The van der Waals surface area contributed by atoms with Gasteiger partial charge in [0.05, 0.1) is 6.61 Å². The van der Waals surface area contributed by atoms with E-state index < -0.39 is 0 Å². The fourth-order valence-corrected chi connectivity index (χ4v) is 1.65. The summed E-state index contributed by atoms with van der Waals surface area (Å²) in [5, 5.41) is 0. The fraction of sp³-hybridized carbons (Fsp3) is 0.889. The first-order chi connectivity index (χ1) is 6.74. The fourth-order valence-electron chi connectivity index (χ4n) is 1.65. The maximum absolute atomic E-state index is 10.8. The molecule has 0 aromatic heterocycles. The van der Waals surface area contributed by atoms with Gasteiger partial charge in [-0.15, -0.1) is 0 Å². The Hall–Kier alpha value is -0.810. The molecule has 5 heteroatoms. The zero-order valence-corrected chi connectivity index (χ0v) is 8.45. The van der Waals surface area contributed by atoms with E-state index in [1.165, 1.54) is 0 Å². The number of urea groups is 1. The molecule has 0 radical (unpaired) electrons.